The first-order valence-corrected chi connectivity index (χ1v) is 15.5. The Morgan fingerprint density at radius 2 is 1.46 bits per heavy atom. The molecule has 46 heavy (non-hydrogen) atoms. The molecule has 7 aromatic rings. The average molecular weight is 629 g/mol. The molecule has 7 rings (SSSR count). The molecule has 8 heteroatoms. The predicted molar refractivity (Wildman–Crippen MR) is 185 cm³/mol. The normalized spacial score (nSPS) is 11.4. The summed E-state index contributed by atoms with van der Waals surface area (Å²) < 4.78 is 19.0. The molecule has 0 saturated carbocycles. The molecule has 2 heterocycles. The highest BCUT2D eigenvalue weighted by Gasteiger charge is 2.22. The van der Waals surface area contributed by atoms with E-state index >= 15 is 0 Å². The third kappa shape index (κ3) is 5.49. The standard InChI is InChI=1S/C38H33ClN4O3/c1-44-27-14-8-10-24(18-27)23-43-38-36(33(42-43)22-40-21-26-13-9-12-25-11-4-5-15-28(25)26)30-19-34(45-2)35(46-3)20-31(30)37(41-38)29-16-6-7-17-32(29)39/h4-20,40H,21-23H2,1-3H3. The Hall–Kier alpha value is -5.11. The second-order valence-corrected chi connectivity index (χ2v) is 11.5. The number of fused-ring (bicyclic) bond motifs is 4. The van der Waals surface area contributed by atoms with Crippen LogP contribution in [0.15, 0.2) is 103 Å². The fourth-order valence-corrected chi connectivity index (χ4v) is 6.36. The lowest BCUT2D eigenvalue weighted by atomic mass is 10.00. The maximum Gasteiger partial charge on any atom is 0.161 e. The van der Waals surface area contributed by atoms with E-state index in [1.165, 1.54) is 16.3 Å². The van der Waals surface area contributed by atoms with Crippen LogP contribution < -0.4 is 19.5 Å². The lowest BCUT2D eigenvalue weighted by molar-refractivity contribution is 0.356. The summed E-state index contributed by atoms with van der Waals surface area (Å²) in [4.78, 5) is 5.29. The molecular formula is C38H33ClN4O3. The summed E-state index contributed by atoms with van der Waals surface area (Å²) >= 11 is 6.78. The lowest BCUT2D eigenvalue weighted by Gasteiger charge is -2.14. The molecule has 0 aliphatic heterocycles. The third-order valence-electron chi connectivity index (χ3n) is 8.35. The maximum atomic E-state index is 6.78. The van der Waals surface area contributed by atoms with Gasteiger partial charge in [-0.05, 0) is 52.2 Å². The summed E-state index contributed by atoms with van der Waals surface area (Å²) in [6, 6.07) is 34.6. The van der Waals surface area contributed by atoms with E-state index in [4.69, 9.17) is 35.9 Å². The van der Waals surface area contributed by atoms with Crippen molar-refractivity contribution in [1.29, 1.82) is 0 Å². The number of rotatable bonds is 10. The molecule has 0 spiro atoms. The summed E-state index contributed by atoms with van der Waals surface area (Å²) in [5.74, 6) is 2.03. The molecular weight excluding hydrogens is 596 g/mol. The van der Waals surface area contributed by atoms with Crippen molar-refractivity contribution < 1.29 is 14.2 Å². The van der Waals surface area contributed by atoms with Crippen LogP contribution in [0.25, 0.3) is 43.8 Å². The van der Waals surface area contributed by atoms with Crippen LogP contribution >= 0.6 is 11.6 Å². The topological polar surface area (TPSA) is 70.4 Å². The number of aromatic nitrogens is 3. The Morgan fingerprint density at radius 3 is 2.26 bits per heavy atom. The Kier molecular flexibility index (Phi) is 8.18. The highest BCUT2D eigenvalue weighted by Crippen LogP contribution is 2.42. The SMILES string of the molecule is COc1cccc(Cn2nc(CNCc3cccc4ccccc34)c3c4cc(OC)c(OC)cc4c(-c4ccccc4Cl)nc32)c1. The van der Waals surface area contributed by atoms with Crippen LogP contribution in [0.4, 0.5) is 0 Å². The van der Waals surface area contributed by atoms with E-state index in [2.05, 4.69) is 53.8 Å². The molecule has 230 valence electrons. The van der Waals surface area contributed by atoms with Gasteiger partial charge in [0.15, 0.2) is 17.1 Å². The quantitative estimate of drug-likeness (QED) is 0.164. The van der Waals surface area contributed by atoms with Gasteiger partial charge in [0, 0.05) is 34.4 Å². The zero-order chi connectivity index (χ0) is 31.6. The smallest absolute Gasteiger partial charge is 0.161 e. The lowest BCUT2D eigenvalue weighted by Crippen LogP contribution is -2.14. The second kappa shape index (κ2) is 12.7. The number of methoxy groups -OCH3 is 3. The number of hydrogen-bond acceptors (Lipinski definition) is 6. The monoisotopic (exact) mass is 628 g/mol. The highest BCUT2D eigenvalue weighted by atomic mass is 35.5. The van der Waals surface area contributed by atoms with E-state index in [0.29, 0.717) is 36.2 Å². The molecule has 7 nitrogen and oxygen atoms in total. The molecule has 0 radical (unpaired) electrons. The number of hydrogen-bond donors (Lipinski definition) is 1. The Morgan fingerprint density at radius 1 is 0.717 bits per heavy atom. The fourth-order valence-electron chi connectivity index (χ4n) is 6.14. The number of ether oxygens (including phenoxy) is 3. The van der Waals surface area contributed by atoms with E-state index < -0.39 is 0 Å². The highest BCUT2D eigenvalue weighted by molar-refractivity contribution is 6.33. The Balaban J connectivity index is 1.41. The zero-order valence-corrected chi connectivity index (χ0v) is 26.6. The largest absolute Gasteiger partial charge is 0.497 e. The molecule has 0 fully saturated rings. The number of benzene rings is 5. The molecule has 0 saturated heterocycles. The summed E-state index contributed by atoms with van der Waals surface area (Å²) in [5, 5.41) is 14.7. The Bertz CT molecular complexity index is 2210. The van der Waals surface area contributed by atoms with Gasteiger partial charge in [0.25, 0.3) is 0 Å². The van der Waals surface area contributed by atoms with Gasteiger partial charge < -0.3 is 19.5 Å². The van der Waals surface area contributed by atoms with Crippen LogP contribution in [-0.2, 0) is 19.6 Å². The van der Waals surface area contributed by atoms with E-state index in [-0.39, 0.29) is 0 Å². The maximum absolute atomic E-state index is 6.78. The average Bonchev–Trinajstić information content (AvgIpc) is 3.44. The second-order valence-electron chi connectivity index (χ2n) is 11.1. The number of pyridine rings is 1. The van der Waals surface area contributed by atoms with Crippen molar-refractivity contribution in [3.05, 3.63) is 125 Å². The van der Waals surface area contributed by atoms with Crippen molar-refractivity contribution in [3.8, 4) is 28.5 Å². The van der Waals surface area contributed by atoms with Gasteiger partial charge in [-0.2, -0.15) is 5.10 Å². The van der Waals surface area contributed by atoms with E-state index in [1.807, 2.05) is 59.3 Å². The van der Waals surface area contributed by atoms with Gasteiger partial charge in [-0.25, -0.2) is 9.67 Å². The summed E-state index contributed by atoms with van der Waals surface area (Å²) in [5.41, 5.74) is 5.48. The summed E-state index contributed by atoms with van der Waals surface area (Å²) in [6.45, 7) is 1.72. The van der Waals surface area contributed by atoms with Gasteiger partial charge in [0.2, 0.25) is 0 Å². The van der Waals surface area contributed by atoms with Gasteiger partial charge in [0.1, 0.15) is 5.75 Å². The number of nitrogens with one attached hydrogen (secondary N) is 1. The summed E-state index contributed by atoms with van der Waals surface area (Å²) in [7, 11) is 4.96. The van der Waals surface area contributed by atoms with Crippen LogP contribution in [0.1, 0.15) is 16.8 Å². The van der Waals surface area contributed by atoms with Crippen LogP contribution in [0.3, 0.4) is 0 Å². The molecule has 0 aliphatic rings. The van der Waals surface area contributed by atoms with Gasteiger partial charge in [0.05, 0.1) is 44.6 Å². The molecule has 0 amide bonds. The predicted octanol–water partition coefficient (Wildman–Crippen LogP) is 8.42. The first kappa shape index (κ1) is 29.6. The van der Waals surface area contributed by atoms with Gasteiger partial charge >= 0.3 is 0 Å². The van der Waals surface area contributed by atoms with Crippen molar-refractivity contribution in [2.75, 3.05) is 21.3 Å². The van der Waals surface area contributed by atoms with Crippen LogP contribution in [-0.4, -0.2) is 36.1 Å². The summed E-state index contributed by atoms with van der Waals surface area (Å²) in [6.07, 6.45) is 0. The number of halogens is 1. The van der Waals surface area contributed by atoms with Crippen LogP contribution in [0.2, 0.25) is 5.02 Å². The van der Waals surface area contributed by atoms with Crippen molar-refractivity contribution in [2.24, 2.45) is 0 Å². The van der Waals surface area contributed by atoms with E-state index in [1.54, 1.807) is 21.3 Å². The molecule has 0 bridgehead atoms. The fraction of sp³-hybridized carbons (Fsp3) is 0.158. The molecule has 1 N–H and O–H groups in total. The molecule has 5 aromatic carbocycles. The minimum absolute atomic E-state index is 0.505. The van der Waals surface area contributed by atoms with Crippen molar-refractivity contribution in [3.63, 3.8) is 0 Å². The first-order valence-electron chi connectivity index (χ1n) is 15.1. The van der Waals surface area contributed by atoms with Crippen molar-refractivity contribution in [2.45, 2.75) is 19.6 Å². The third-order valence-corrected chi connectivity index (χ3v) is 8.68. The molecule has 0 aliphatic carbocycles. The van der Waals surface area contributed by atoms with E-state index in [0.717, 1.165) is 50.1 Å². The van der Waals surface area contributed by atoms with Gasteiger partial charge in [-0.3, -0.25) is 0 Å². The molecule has 2 aromatic heterocycles. The molecule has 0 atom stereocenters. The first-order chi connectivity index (χ1) is 22.6. The van der Waals surface area contributed by atoms with E-state index in [9.17, 15) is 0 Å². The van der Waals surface area contributed by atoms with Gasteiger partial charge in [-0.15, -0.1) is 0 Å². The van der Waals surface area contributed by atoms with Gasteiger partial charge in [-0.1, -0.05) is 84.4 Å². The van der Waals surface area contributed by atoms with Crippen LogP contribution in [0.5, 0.6) is 17.2 Å². The minimum atomic E-state index is 0.505. The Labute approximate surface area is 272 Å². The number of nitrogens with zero attached hydrogens (tertiary/aromatic N) is 3. The zero-order valence-electron chi connectivity index (χ0n) is 25.9. The van der Waals surface area contributed by atoms with Crippen molar-refractivity contribution >= 4 is 44.2 Å². The van der Waals surface area contributed by atoms with Crippen molar-refractivity contribution in [1.82, 2.24) is 20.1 Å². The minimum Gasteiger partial charge on any atom is -0.497 e. The van der Waals surface area contributed by atoms with Crippen LogP contribution in [0, 0.1) is 0 Å². The molecule has 0 unspecified atom stereocenters.